The molecule has 0 aromatic carbocycles. The molecule has 0 saturated carbocycles. The predicted octanol–water partition coefficient (Wildman–Crippen LogP) is 0.0787. The number of piperazine rings is 1. The molecule has 114 valence electrons. The van der Waals surface area contributed by atoms with Crippen molar-refractivity contribution in [2.75, 3.05) is 42.5 Å². The van der Waals surface area contributed by atoms with Gasteiger partial charge in [0.2, 0.25) is 5.95 Å². The first-order valence-corrected chi connectivity index (χ1v) is 7.14. The molecule has 1 aromatic rings. The van der Waals surface area contributed by atoms with E-state index in [0.717, 1.165) is 25.9 Å². The molecule has 0 radical (unpaired) electrons. The molecule has 2 fully saturated rings. The molecule has 3 heterocycles. The quantitative estimate of drug-likeness (QED) is 0.817. The second kappa shape index (κ2) is 5.80. The standard InChI is InChI=1S/C13H18FN5O2/c14-9-7-16-13(17-11(9)18-4-1-2-5-18)19-6-3-15-10(8-19)12(20)21/h7,10,15H,1-6,8H2,(H,20,21)/t10-/m0/s1. The van der Waals surface area contributed by atoms with Crippen LogP contribution in [-0.2, 0) is 4.79 Å². The van der Waals surface area contributed by atoms with Crippen LogP contribution in [0.3, 0.4) is 0 Å². The molecule has 8 heteroatoms. The van der Waals surface area contributed by atoms with E-state index in [2.05, 4.69) is 15.3 Å². The van der Waals surface area contributed by atoms with Crippen LogP contribution in [0.2, 0.25) is 0 Å². The van der Waals surface area contributed by atoms with Crippen molar-refractivity contribution in [1.82, 2.24) is 15.3 Å². The van der Waals surface area contributed by atoms with Gasteiger partial charge in [-0.3, -0.25) is 4.79 Å². The maximum Gasteiger partial charge on any atom is 0.322 e. The van der Waals surface area contributed by atoms with Gasteiger partial charge in [-0.25, -0.2) is 9.37 Å². The minimum Gasteiger partial charge on any atom is -0.480 e. The first-order valence-electron chi connectivity index (χ1n) is 7.14. The molecule has 0 spiro atoms. The molecular weight excluding hydrogens is 277 g/mol. The fourth-order valence-corrected chi connectivity index (χ4v) is 2.75. The number of hydrogen-bond donors (Lipinski definition) is 2. The number of nitrogens with zero attached hydrogens (tertiary/aromatic N) is 4. The number of anilines is 2. The second-order valence-electron chi connectivity index (χ2n) is 5.33. The third-order valence-electron chi connectivity index (χ3n) is 3.87. The number of carbonyl (C=O) groups is 1. The average molecular weight is 295 g/mol. The number of carboxylic acid groups (broad SMARTS) is 1. The number of hydrogen-bond acceptors (Lipinski definition) is 6. The third kappa shape index (κ3) is 2.90. The highest BCUT2D eigenvalue weighted by Crippen LogP contribution is 2.23. The van der Waals surface area contributed by atoms with Crippen molar-refractivity contribution in [3.63, 3.8) is 0 Å². The van der Waals surface area contributed by atoms with Gasteiger partial charge in [0.1, 0.15) is 6.04 Å². The van der Waals surface area contributed by atoms with E-state index in [-0.39, 0.29) is 6.54 Å². The number of carboxylic acids is 1. The molecule has 2 saturated heterocycles. The Kier molecular flexibility index (Phi) is 3.87. The molecule has 7 nitrogen and oxygen atoms in total. The summed E-state index contributed by atoms with van der Waals surface area (Å²) in [5, 5.41) is 12.0. The van der Waals surface area contributed by atoms with Crippen LogP contribution in [0.5, 0.6) is 0 Å². The SMILES string of the molecule is O=C(O)[C@@H]1CN(c2ncc(F)c(N3CCCC3)n2)CCN1. The van der Waals surface area contributed by atoms with Gasteiger partial charge in [-0.15, -0.1) is 0 Å². The summed E-state index contributed by atoms with van der Waals surface area (Å²) in [5.41, 5.74) is 0. The van der Waals surface area contributed by atoms with Gasteiger partial charge in [-0.05, 0) is 12.8 Å². The van der Waals surface area contributed by atoms with Crippen molar-refractivity contribution in [2.24, 2.45) is 0 Å². The zero-order valence-electron chi connectivity index (χ0n) is 11.6. The lowest BCUT2D eigenvalue weighted by molar-refractivity contribution is -0.139. The molecule has 2 N–H and O–H groups in total. The van der Waals surface area contributed by atoms with E-state index in [1.54, 1.807) is 4.90 Å². The third-order valence-corrected chi connectivity index (χ3v) is 3.87. The Morgan fingerprint density at radius 2 is 2.10 bits per heavy atom. The van der Waals surface area contributed by atoms with Gasteiger partial charge in [0, 0.05) is 32.7 Å². The van der Waals surface area contributed by atoms with Crippen LogP contribution in [0.4, 0.5) is 16.2 Å². The van der Waals surface area contributed by atoms with E-state index in [1.165, 1.54) is 6.20 Å². The van der Waals surface area contributed by atoms with Crippen LogP contribution in [0.25, 0.3) is 0 Å². The zero-order chi connectivity index (χ0) is 14.8. The molecule has 21 heavy (non-hydrogen) atoms. The molecule has 0 unspecified atom stereocenters. The summed E-state index contributed by atoms with van der Waals surface area (Å²) in [4.78, 5) is 23.1. The zero-order valence-corrected chi connectivity index (χ0v) is 11.6. The summed E-state index contributed by atoms with van der Waals surface area (Å²) in [5.74, 6) is -0.610. The number of aliphatic carboxylic acids is 1. The maximum absolute atomic E-state index is 13.9. The molecular formula is C13H18FN5O2. The average Bonchev–Trinajstić information content (AvgIpc) is 3.02. The highest BCUT2D eigenvalue weighted by molar-refractivity contribution is 5.74. The molecule has 0 bridgehead atoms. The topological polar surface area (TPSA) is 81.6 Å². The minimum atomic E-state index is -0.901. The number of nitrogens with one attached hydrogen (secondary N) is 1. The van der Waals surface area contributed by atoms with Gasteiger partial charge in [0.15, 0.2) is 11.6 Å². The van der Waals surface area contributed by atoms with Crippen molar-refractivity contribution >= 4 is 17.7 Å². The van der Waals surface area contributed by atoms with Crippen LogP contribution >= 0.6 is 0 Å². The van der Waals surface area contributed by atoms with Crippen LogP contribution in [0, 0.1) is 5.82 Å². The fraction of sp³-hybridized carbons (Fsp3) is 0.615. The number of aromatic nitrogens is 2. The maximum atomic E-state index is 13.9. The molecule has 2 aliphatic heterocycles. The molecule has 3 rings (SSSR count). The monoisotopic (exact) mass is 295 g/mol. The van der Waals surface area contributed by atoms with E-state index >= 15 is 0 Å². The lowest BCUT2D eigenvalue weighted by Crippen LogP contribution is -2.54. The molecule has 1 aromatic heterocycles. The van der Waals surface area contributed by atoms with Crippen LogP contribution in [0.1, 0.15) is 12.8 Å². The van der Waals surface area contributed by atoms with Crippen LogP contribution in [-0.4, -0.2) is 59.8 Å². The normalized spacial score (nSPS) is 22.6. The Bertz CT molecular complexity index is 535. The highest BCUT2D eigenvalue weighted by atomic mass is 19.1. The lowest BCUT2D eigenvalue weighted by atomic mass is 10.2. The van der Waals surface area contributed by atoms with Gasteiger partial charge < -0.3 is 20.2 Å². The van der Waals surface area contributed by atoms with Gasteiger partial charge in [0.05, 0.1) is 6.20 Å². The van der Waals surface area contributed by atoms with Gasteiger partial charge in [-0.2, -0.15) is 4.98 Å². The lowest BCUT2D eigenvalue weighted by Gasteiger charge is -2.32. The highest BCUT2D eigenvalue weighted by Gasteiger charge is 2.27. The Balaban J connectivity index is 1.81. The summed E-state index contributed by atoms with van der Waals surface area (Å²) >= 11 is 0. The van der Waals surface area contributed by atoms with Crippen molar-refractivity contribution < 1.29 is 14.3 Å². The fourth-order valence-electron chi connectivity index (χ4n) is 2.75. The van der Waals surface area contributed by atoms with E-state index < -0.39 is 17.8 Å². The van der Waals surface area contributed by atoms with Crippen molar-refractivity contribution in [3.8, 4) is 0 Å². The Labute approximate surface area is 121 Å². The predicted molar refractivity (Wildman–Crippen MR) is 75.1 cm³/mol. The second-order valence-corrected chi connectivity index (χ2v) is 5.33. The summed E-state index contributed by atoms with van der Waals surface area (Å²) in [6.45, 7) is 3.02. The van der Waals surface area contributed by atoms with Gasteiger partial charge in [0.25, 0.3) is 0 Å². The summed E-state index contributed by atoms with van der Waals surface area (Å²) in [6.07, 6.45) is 3.24. The van der Waals surface area contributed by atoms with E-state index in [9.17, 15) is 9.18 Å². The molecule has 0 amide bonds. The van der Waals surface area contributed by atoms with E-state index in [1.807, 2.05) is 4.90 Å². The van der Waals surface area contributed by atoms with Crippen molar-refractivity contribution in [2.45, 2.75) is 18.9 Å². The summed E-state index contributed by atoms with van der Waals surface area (Å²) in [7, 11) is 0. The first-order chi connectivity index (χ1) is 10.1. The van der Waals surface area contributed by atoms with Crippen LogP contribution < -0.4 is 15.1 Å². The molecule has 1 atom stereocenters. The van der Waals surface area contributed by atoms with Crippen molar-refractivity contribution in [3.05, 3.63) is 12.0 Å². The van der Waals surface area contributed by atoms with Gasteiger partial charge in [-0.1, -0.05) is 0 Å². The Hall–Kier alpha value is -1.96. The largest absolute Gasteiger partial charge is 0.480 e. The smallest absolute Gasteiger partial charge is 0.322 e. The van der Waals surface area contributed by atoms with Crippen LogP contribution in [0.15, 0.2) is 6.20 Å². The minimum absolute atomic E-state index is 0.278. The van der Waals surface area contributed by atoms with Gasteiger partial charge >= 0.3 is 5.97 Å². The van der Waals surface area contributed by atoms with E-state index in [4.69, 9.17) is 5.11 Å². The van der Waals surface area contributed by atoms with E-state index in [0.29, 0.717) is 24.9 Å². The summed E-state index contributed by atoms with van der Waals surface area (Å²) in [6, 6.07) is -0.650. The Morgan fingerprint density at radius 1 is 1.33 bits per heavy atom. The number of halogens is 1. The van der Waals surface area contributed by atoms with Crippen molar-refractivity contribution in [1.29, 1.82) is 0 Å². The molecule has 2 aliphatic rings. The summed E-state index contributed by atoms with van der Waals surface area (Å²) < 4.78 is 13.9. The molecule has 0 aliphatic carbocycles. The Morgan fingerprint density at radius 3 is 2.81 bits per heavy atom. The first kappa shape index (κ1) is 14.0. The number of rotatable bonds is 3.